The van der Waals surface area contributed by atoms with Gasteiger partial charge in [-0.3, -0.25) is 4.99 Å². The third-order valence-electron chi connectivity index (χ3n) is 6.87. The SMILES string of the molecule is CCN1c2ccc(/C=C/C3=Nc4ccccc4C3(C)C)cc2C2CCCC21. The average Bonchev–Trinajstić information content (AvgIpc) is 3.32. The van der Waals surface area contributed by atoms with Crippen LogP contribution in [0.15, 0.2) is 53.5 Å². The van der Waals surface area contributed by atoms with Crippen LogP contribution in [0.2, 0.25) is 0 Å². The molecule has 1 fully saturated rings. The first kappa shape index (κ1) is 16.8. The summed E-state index contributed by atoms with van der Waals surface area (Å²) in [6.07, 6.45) is 8.54. The highest BCUT2D eigenvalue weighted by Gasteiger charge is 2.40. The first-order chi connectivity index (χ1) is 13.1. The number of hydrogen-bond donors (Lipinski definition) is 0. The standard InChI is InChI=1S/C25H28N2/c1-4-27-22-11-7-8-18(22)19-16-17(12-14-23(19)27)13-15-24-25(2,3)20-9-5-6-10-21(20)26-24/h5-6,9-10,12-16,18,22H,4,7-8,11H2,1-3H3/b15-13+. The number of benzene rings is 2. The molecule has 1 saturated carbocycles. The molecule has 0 bridgehead atoms. The van der Waals surface area contributed by atoms with Crippen LogP contribution in [0.4, 0.5) is 11.4 Å². The van der Waals surface area contributed by atoms with Crippen LogP contribution < -0.4 is 4.90 Å². The summed E-state index contributed by atoms with van der Waals surface area (Å²) in [5, 5.41) is 0. The zero-order chi connectivity index (χ0) is 18.6. The Kier molecular flexibility index (Phi) is 3.79. The summed E-state index contributed by atoms with van der Waals surface area (Å²) in [4.78, 5) is 7.52. The normalized spacial score (nSPS) is 24.9. The number of nitrogens with zero attached hydrogens (tertiary/aromatic N) is 2. The number of anilines is 1. The molecule has 2 heteroatoms. The Bertz CT molecular complexity index is 951. The quantitative estimate of drug-likeness (QED) is 0.635. The molecule has 0 radical (unpaired) electrons. The lowest BCUT2D eigenvalue weighted by atomic mass is 9.81. The Balaban J connectivity index is 1.46. The molecule has 5 rings (SSSR count). The molecule has 2 aromatic carbocycles. The molecule has 2 aliphatic heterocycles. The van der Waals surface area contributed by atoms with Crippen LogP contribution in [-0.4, -0.2) is 18.3 Å². The Morgan fingerprint density at radius 2 is 1.96 bits per heavy atom. The van der Waals surface area contributed by atoms with Crippen LogP contribution in [-0.2, 0) is 5.41 Å². The van der Waals surface area contributed by atoms with Gasteiger partial charge in [-0.25, -0.2) is 0 Å². The van der Waals surface area contributed by atoms with Gasteiger partial charge < -0.3 is 4.90 Å². The second kappa shape index (κ2) is 6.09. The monoisotopic (exact) mass is 356 g/mol. The van der Waals surface area contributed by atoms with Crippen molar-refractivity contribution in [1.82, 2.24) is 0 Å². The maximum absolute atomic E-state index is 4.89. The van der Waals surface area contributed by atoms with Gasteiger partial charge in [0.05, 0.1) is 11.4 Å². The van der Waals surface area contributed by atoms with Gasteiger partial charge in [0, 0.05) is 29.6 Å². The van der Waals surface area contributed by atoms with Crippen LogP contribution in [0.3, 0.4) is 0 Å². The van der Waals surface area contributed by atoms with Gasteiger partial charge in [0.2, 0.25) is 0 Å². The third-order valence-corrected chi connectivity index (χ3v) is 6.87. The summed E-state index contributed by atoms with van der Waals surface area (Å²) in [5.74, 6) is 0.734. The van der Waals surface area contributed by atoms with Gasteiger partial charge in [-0.15, -0.1) is 0 Å². The van der Waals surface area contributed by atoms with Crippen molar-refractivity contribution in [2.45, 2.75) is 57.4 Å². The maximum Gasteiger partial charge on any atom is 0.0674 e. The number of rotatable bonds is 3. The minimum absolute atomic E-state index is 0.0284. The van der Waals surface area contributed by atoms with Gasteiger partial charge in [-0.1, -0.05) is 50.6 Å². The average molecular weight is 357 g/mol. The second-order valence-corrected chi connectivity index (χ2v) is 8.68. The highest BCUT2D eigenvalue weighted by atomic mass is 15.2. The highest BCUT2D eigenvalue weighted by molar-refractivity contribution is 6.10. The van der Waals surface area contributed by atoms with E-state index >= 15 is 0 Å². The molecule has 0 spiro atoms. The molecule has 1 aliphatic carbocycles. The van der Waals surface area contributed by atoms with Crippen molar-refractivity contribution in [3.63, 3.8) is 0 Å². The number of allylic oxidation sites excluding steroid dienone is 1. The van der Waals surface area contributed by atoms with Crippen LogP contribution in [0, 0.1) is 0 Å². The van der Waals surface area contributed by atoms with Crippen molar-refractivity contribution in [3.8, 4) is 0 Å². The van der Waals surface area contributed by atoms with E-state index in [1.165, 1.54) is 36.1 Å². The van der Waals surface area contributed by atoms with Crippen molar-refractivity contribution in [2.24, 2.45) is 4.99 Å². The van der Waals surface area contributed by atoms with E-state index in [4.69, 9.17) is 4.99 Å². The molecule has 3 aliphatic rings. The molecule has 0 amide bonds. The predicted octanol–water partition coefficient (Wildman–Crippen LogP) is 6.24. The molecule has 138 valence electrons. The van der Waals surface area contributed by atoms with Gasteiger partial charge in [0.15, 0.2) is 0 Å². The summed E-state index contributed by atoms with van der Waals surface area (Å²) in [5.41, 5.74) is 7.89. The van der Waals surface area contributed by atoms with E-state index in [-0.39, 0.29) is 5.41 Å². The molecular formula is C25H28N2. The van der Waals surface area contributed by atoms with Crippen LogP contribution in [0.1, 0.15) is 62.6 Å². The topological polar surface area (TPSA) is 15.6 Å². The number of aliphatic imine (C=N–C) groups is 1. The van der Waals surface area contributed by atoms with Gasteiger partial charge in [-0.2, -0.15) is 0 Å². The van der Waals surface area contributed by atoms with Crippen molar-refractivity contribution < 1.29 is 0 Å². The fourth-order valence-electron chi connectivity index (χ4n) is 5.42. The fraction of sp³-hybridized carbons (Fsp3) is 0.400. The molecule has 2 unspecified atom stereocenters. The third kappa shape index (κ3) is 2.50. The zero-order valence-corrected chi connectivity index (χ0v) is 16.6. The molecular weight excluding hydrogens is 328 g/mol. The van der Waals surface area contributed by atoms with Crippen molar-refractivity contribution in [3.05, 3.63) is 65.2 Å². The lowest BCUT2D eigenvalue weighted by Gasteiger charge is -2.25. The minimum Gasteiger partial charge on any atom is -0.368 e. The molecule has 27 heavy (non-hydrogen) atoms. The molecule has 2 atom stereocenters. The second-order valence-electron chi connectivity index (χ2n) is 8.68. The Labute approximate surface area is 162 Å². The molecule has 2 nitrogen and oxygen atoms in total. The summed E-state index contributed by atoms with van der Waals surface area (Å²) in [6, 6.07) is 16.3. The lowest BCUT2D eigenvalue weighted by Crippen LogP contribution is -2.30. The van der Waals surface area contributed by atoms with Gasteiger partial charge in [-0.05, 0) is 60.7 Å². The first-order valence-corrected chi connectivity index (χ1v) is 10.4. The largest absolute Gasteiger partial charge is 0.368 e. The van der Waals surface area contributed by atoms with E-state index in [1.54, 1.807) is 5.56 Å². The van der Waals surface area contributed by atoms with Crippen LogP contribution in [0.5, 0.6) is 0 Å². The predicted molar refractivity (Wildman–Crippen MR) is 115 cm³/mol. The van der Waals surface area contributed by atoms with Crippen molar-refractivity contribution in [1.29, 1.82) is 0 Å². The summed E-state index contributed by atoms with van der Waals surface area (Å²) in [6.45, 7) is 7.95. The van der Waals surface area contributed by atoms with Gasteiger partial charge in [0.1, 0.15) is 0 Å². The smallest absolute Gasteiger partial charge is 0.0674 e. The Morgan fingerprint density at radius 1 is 1.11 bits per heavy atom. The van der Waals surface area contributed by atoms with Crippen molar-refractivity contribution >= 4 is 23.2 Å². The van der Waals surface area contributed by atoms with Gasteiger partial charge in [0.25, 0.3) is 0 Å². The lowest BCUT2D eigenvalue weighted by molar-refractivity contribution is 0.601. The fourth-order valence-corrected chi connectivity index (χ4v) is 5.42. The number of likely N-dealkylation sites (N-methyl/N-ethyl adjacent to an activating group) is 1. The minimum atomic E-state index is -0.0284. The first-order valence-electron chi connectivity index (χ1n) is 10.4. The van der Waals surface area contributed by atoms with E-state index in [1.807, 2.05) is 0 Å². The Hall–Kier alpha value is -2.35. The summed E-state index contributed by atoms with van der Waals surface area (Å²) in [7, 11) is 0. The summed E-state index contributed by atoms with van der Waals surface area (Å²) >= 11 is 0. The Morgan fingerprint density at radius 3 is 2.78 bits per heavy atom. The highest BCUT2D eigenvalue weighted by Crippen LogP contribution is 2.49. The zero-order valence-electron chi connectivity index (χ0n) is 16.6. The summed E-state index contributed by atoms with van der Waals surface area (Å²) < 4.78 is 0. The number of para-hydroxylation sites is 1. The molecule has 0 N–H and O–H groups in total. The van der Waals surface area contributed by atoms with E-state index < -0.39 is 0 Å². The number of fused-ring (bicyclic) bond motifs is 4. The van der Waals surface area contributed by atoms with E-state index in [9.17, 15) is 0 Å². The van der Waals surface area contributed by atoms with E-state index in [0.717, 1.165) is 29.9 Å². The molecule has 0 saturated heterocycles. The molecule has 2 heterocycles. The molecule has 0 aromatic heterocycles. The maximum atomic E-state index is 4.89. The van der Waals surface area contributed by atoms with Crippen LogP contribution in [0.25, 0.3) is 6.08 Å². The van der Waals surface area contributed by atoms with Crippen molar-refractivity contribution in [2.75, 3.05) is 11.4 Å². The molecule has 2 aromatic rings. The van der Waals surface area contributed by atoms with Crippen LogP contribution >= 0.6 is 0 Å². The van der Waals surface area contributed by atoms with Gasteiger partial charge >= 0.3 is 0 Å². The van der Waals surface area contributed by atoms with E-state index in [2.05, 4.69) is 80.3 Å². The van der Waals surface area contributed by atoms with E-state index in [0.29, 0.717) is 0 Å². The number of hydrogen-bond acceptors (Lipinski definition) is 2.